The SMILES string of the molecule is CN(Cc1ccccc1)C(=O)C1CCC(=O)N1c1ccccc1. The van der Waals surface area contributed by atoms with Crippen molar-refractivity contribution < 1.29 is 9.59 Å². The summed E-state index contributed by atoms with van der Waals surface area (Å²) in [6, 6.07) is 18.9. The van der Waals surface area contributed by atoms with Gasteiger partial charge in [0, 0.05) is 25.7 Å². The molecule has 118 valence electrons. The summed E-state index contributed by atoms with van der Waals surface area (Å²) in [5.41, 5.74) is 1.88. The van der Waals surface area contributed by atoms with Gasteiger partial charge in [-0.05, 0) is 24.1 Å². The monoisotopic (exact) mass is 308 g/mol. The third-order valence-corrected chi connectivity index (χ3v) is 4.17. The number of nitrogens with zero attached hydrogens (tertiary/aromatic N) is 2. The van der Waals surface area contributed by atoms with Crippen LogP contribution in [0.25, 0.3) is 0 Å². The van der Waals surface area contributed by atoms with Gasteiger partial charge in [-0.1, -0.05) is 48.5 Å². The Morgan fingerprint density at radius 2 is 1.70 bits per heavy atom. The van der Waals surface area contributed by atoms with Crippen LogP contribution in [0, 0.1) is 0 Å². The summed E-state index contributed by atoms with van der Waals surface area (Å²) in [6.07, 6.45) is 0.996. The van der Waals surface area contributed by atoms with Crippen molar-refractivity contribution in [2.75, 3.05) is 11.9 Å². The Hall–Kier alpha value is -2.62. The molecule has 0 spiro atoms. The minimum Gasteiger partial charge on any atom is -0.340 e. The molecule has 1 aliphatic heterocycles. The maximum absolute atomic E-state index is 12.8. The zero-order valence-corrected chi connectivity index (χ0v) is 13.2. The van der Waals surface area contributed by atoms with Crippen molar-refractivity contribution in [1.82, 2.24) is 4.90 Å². The second-order valence-electron chi connectivity index (χ2n) is 5.83. The number of likely N-dealkylation sites (N-methyl/N-ethyl adjacent to an activating group) is 1. The van der Waals surface area contributed by atoms with E-state index in [1.165, 1.54) is 0 Å². The maximum Gasteiger partial charge on any atom is 0.245 e. The highest BCUT2D eigenvalue weighted by Gasteiger charge is 2.38. The van der Waals surface area contributed by atoms with Gasteiger partial charge in [0.15, 0.2) is 0 Å². The van der Waals surface area contributed by atoms with E-state index < -0.39 is 6.04 Å². The molecule has 1 fully saturated rings. The van der Waals surface area contributed by atoms with Crippen molar-refractivity contribution in [2.24, 2.45) is 0 Å². The van der Waals surface area contributed by atoms with Crippen molar-refractivity contribution in [3.05, 3.63) is 66.2 Å². The lowest BCUT2D eigenvalue weighted by Crippen LogP contribution is -2.45. The van der Waals surface area contributed by atoms with Crippen molar-refractivity contribution >= 4 is 17.5 Å². The van der Waals surface area contributed by atoms with E-state index in [-0.39, 0.29) is 11.8 Å². The minimum atomic E-state index is -0.404. The molecule has 1 aliphatic rings. The van der Waals surface area contributed by atoms with Crippen LogP contribution in [-0.4, -0.2) is 29.8 Å². The molecule has 1 atom stereocenters. The van der Waals surface area contributed by atoms with Crippen LogP contribution in [0.1, 0.15) is 18.4 Å². The molecule has 4 heteroatoms. The molecule has 0 aromatic heterocycles. The lowest BCUT2D eigenvalue weighted by Gasteiger charge is -2.28. The molecule has 1 saturated heterocycles. The van der Waals surface area contributed by atoms with E-state index in [0.29, 0.717) is 19.4 Å². The smallest absolute Gasteiger partial charge is 0.245 e. The molecule has 1 heterocycles. The summed E-state index contributed by atoms with van der Waals surface area (Å²) < 4.78 is 0. The summed E-state index contributed by atoms with van der Waals surface area (Å²) in [5, 5.41) is 0. The van der Waals surface area contributed by atoms with Gasteiger partial charge in [-0.3, -0.25) is 14.5 Å². The number of rotatable bonds is 4. The van der Waals surface area contributed by atoms with Gasteiger partial charge in [0.05, 0.1) is 0 Å². The normalized spacial score (nSPS) is 17.3. The first-order chi connectivity index (χ1) is 11.2. The molecular weight excluding hydrogens is 288 g/mol. The molecule has 0 bridgehead atoms. The van der Waals surface area contributed by atoms with Crippen LogP contribution < -0.4 is 4.90 Å². The van der Waals surface area contributed by atoms with Crippen molar-refractivity contribution in [2.45, 2.75) is 25.4 Å². The lowest BCUT2D eigenvalue weighted by atomic mass is 10.1. The summed E-state index contributed by atoms with van der Waals surface area (Å²) in [6.45, 7) is 0.549. The number of carbonyl (C=O) groups excluding carboxylic acids is 2. The van der Waals surface area contributed by atoms with E-state index >= 15 is 0 Å². The van der Waals surface area contributed by atoms with Crippen LogP contribution >= 0.6 is 0 Å². The van der Waals surface area contributed by atoms with Gasteiger partial charge in [0.2, 0.25) is 11.8 Å². The van der Waals surface area contributed by atoms with Crippen LogP contribution in [0.15, 0.2) is 60.7 Å². The average Bonchev–Trinajstić information content (AvgIpc) is 2.97. The first kappa shape index (κ1) is 15.3. The lowest BCUT2D eigenvalue weighted by molar-refractivity contribution is -0.132. The fourth-order valence-corrected chi connectivity index (χ4v) is 3.02. The Morgan fingerprint density at radius 3 is 2.35 bits per heavy atom. The molecule has 3 rings (SSSR count). The predicted octanol–water partition coefficient (Wildman–Crippen LogP) is 2.84. The molecule has 0 saturated carbocycles. The van der Waals surface area contributed by atoms with Gasteiger partial charge in [-0.15, -0.1) is 0 Å². The number of hydrogen-bond donors (Lipinski definition) is 0. The van der Waals surface area contributed by atoms with Gasteiger partial charge >= 0.3 is 0 Å². The fourth-order valence-electron chi connectivity index (χ4n) is 3.02. The maximum atomic E-state index is 12.8. The molecule has 23 heavy (non-hydrogen) atoms. The van der Waals surface area contributed by atoms with E-state index in [2.05, 4.69) is 0 Å². The molecule has 0 aliphatic carbocycles. The third kappa shape index (κ3) is 3.26. The van der Waals surface area contributed by atoms with Gasteiger partial charge in [0.1, 0.15) is 6.04 Å². The topological polar surface area (TPSA) is 40.6 Å². The second-order valence-corrected chi connectivity index (χ2v) is 5.83. The van der Waals surface area contributed by atoms with Crippen LogP contribution in [0.3, 0.4) is 0 Å². The molecule has 4 nitrogen and oxygen atoms in total. The summed E-state index contributed by atoms with van der Waals surface area (Å²) >= 11 is 0. The molecule has 0 radical (unpaired) electrons. The average molecular weight is 308 g/mol. The van der Waals surface area contributed by atoms with Crippen LogP contribution in [0.4, 0.5) is 5.69 Å². The molecule has 1 unspecified atom stereocenters. The van der Waals surface area contributed by atoms with E-state index in [9.17, 15) is 9.59 Å². The van der Waals surface area contributed by atoms with E-state index in [0.717, 1.165) is 11.3 Å². The van der Waals surface area contributed by atoms with E-state index in [4.69, 9.17) is 0 Å². The zero-order chi connectivity index (χ0) is 16.2. The number of anilines is 1. The van der Waals surface area contributed by atoms with Crippen molar-refractivity contribution in [3.8, 4) is 0 Å². The second kappa shape index (κ2) is 6.65. The van der Waals surface area contributed by atoms with Crippen molar-refractivity contribution in [1.29, 1.82) is 0 Å². The molecule has 0 N–H and O–H groups in total. The Morgan fingerprint density at radius 1 is 1.09 bits per heavy atom. The molecule has 2 amide bonds. The molecular formula is C19H20N2O2. The first-order valence-electron chi connectivity index (χ1n) is 7.83. The number of para-hydroxylation sites is 1. The Kier molecular flexibility index (Phi) is 4.42. The predicted molar refractivity (Wildman–Crippen MR) is 89.9 cm³/mol. The summed E-state index contributed by atoms with van der Waals surface area (Å²) in [7, 11) is 1.79. The zero-order valence-electron chi connectivity index (χ0n) is 13.2. The highest BCUT2D eigenvalue weighted by molar-refractivity contribution is 6.03. The van der Waals surface area contributed by atoms with Crippen LogP contribution in [-0.2, 0) is 16.1 Å². The van der Waals surface area contributed by atoms with Crippen LogP contribution in [0.5, 0.6) is 0 Å². The van der Waals surface area contributed by atoms with Crippen LogP contribution in [0.2, 0.25) is 0 Å². The highest BCUT2D eigenvalue weighted by atomic mass is 16.2. The quantitative estimate of drug-likeness (QED) is 0.871. The fraction of sp³-hybridized carbons (Fsp3) is 0.263. The Bertz CT molecular complexity index is 685. The molecule has 2 aromatic rings. The minimum absolute atomic E-state index is 0.0106. The Labute approximate surface area is 136 Å². The van der Waals surface area contributed by atoms with Gasteiger partial charge in [-0.2, -0.15) is 0 Å². The summed E-state index contributed by atoms with van der Waals surface area (Å²) in [5.74, 6) is 0.00576. The van der Waals surface area contributed by atoms with Crippen molar-refractivity contribution in [3.63, 3.8) is 0 Å². The van der Waals surface area contributed by atoms with E-state index in [1.807, 2.05) is 60.7 Å². The third-order valence-electron chi connectivity index (χ3n) is 4.17. The number of carbonyl (C=O) groups is 2. The first-order valence-corrected chi connectivity index (χ1v) is 7.83. The van der Waals surface area contributed by atoms with E-state index in [1.54, 1.807) is 16.8 Å². The highest BCUT2D eigenvalue weighted by Crippen LogP contribution is 2.27. The standard InChI is InChI=1S/C19H20N2O2/c1-20(14-15-8-4-2-5-9-15)19(23)17-12-13-18(22)21(17)16-10-6-3-7-11-16/h2-11,17H,12-14H2,1H3. The van der Waals surface area contributed by atoms with Gasteiger partial charge in [0.25, 0.3) is 0 Å². The number of benzene rings is 2. The number of amides is 2. The van der Waals surface area contributed by atoms with Gasteiger partial charge < -0.3 is 4.90 Å². The Balaban J connectivity index is 1.76. The number of hydrogen-bond acceptors (Lipinski definition) is 2. The summed E-state index contributed by atoms with van der Waals surface area (Å²) in [4.78, 5) is 28.4. The van der Waals surface area contributed by atoms with Gasteiger partial charge in [-0.25, -0.2) is 0 Å². The molecule has 2 aromatic carbocycles. The largest absolute Gasteiger partial charge is 0.340 e.